The predicted molar refractivity (Wildman–Crippen MR) is 37.8 cm³/mol. The van der Waals surface area contributed by atoms with Crippen molar-refractivity contribution in [2.24, 2.45) is 0 Å². The number of hydrogen-bond donors (Lipinski definition) is 1. The fraction of sp³-hybridized carbons (Fsp3) is 0.714. The zero-order chi connectivity index (χ0) is 7.28. The molecule has 0 bridgehead atoms. The molecule has 0 atom stereocenters. The number of halogens is 1. The Bertz CT molecular complexity index is 108. The van der Waals surface area contributed by atoms with Crippen LogP contribution < -0.4 is 22.7 Å². The molecular formula is C7H16BrNO. The van der Waals surface area contributed by atoms with Crippen molar-refractivity contribution in [1.29, 1.82) is 0 Å². The molecule has 0 amide bonds. The number of allylic oxidation sites excluding steroid dienone is 2. The van der Waals surface area contributed by atoms with E-state index in [9.17, 15) is 0 Å². The third-order valence-corrected chi connectivity index (χ3v) is 1.17. The molecule has 0 unspecified atom stereocenters. The molecule has 3 heteroatoms. The summed E-state index contributed by atoms with van der Waals surface area (Å²) in [6.07, 6.45) is 0. The second kappa shape index (κ2) is 7.09. The highest BCUT2D eigenvalue weighted by molar-refractivity contribution is 4.98. The van der Waals surface area contributed by atoms with E-state index in [1.165, 1.54) is 5.57 Å². The summed E-state index contributed by atoms with van der Waals surface area (Å²) < 4.78 is 5.27. The lowest BCUT2D eigenvalue weighted by Crippen LogP contribution is -3.00. The Kier molecular flexibility index (Phi) is 8.96. The summed E-state index contributed by atoms with van der Waals surface area (Å²) in [7, 11) is 0. The second-order valence-electron chi connectivity index (χ2n) is 2.26. The smallest absolute Gasteiger partial charge is 0.136 e. The fourth-order valence-corrected chi connectivity index (χ4v) is 0.370. The molecule has 0 aliphatic rings. The van der Waals surface area contributed by atoms with Gasteiger partial charge >= 0.3 is 0 Å². The molecule has 0 rings (SSSR count). The van der Waals surface area contributed by atoms with Gasteiger partial charge in [-0.2, -0.15) is 0 Å². The van der Waals surface area contributed by atoms with Gasteiger partial charge in [-0.05, 0) is 26.3 Å². The SMILES string of the molecule is CC(C)=C(C)OCC[NH3+].[Br-]. The molecule has 0 saturated heterocycles. The predicted octanol–water partition coefficient (Wildman–Crippen LogP) is -2.44. The van der Waals surface area contributed by atoms with Gasteiger partial charge in [-0.25, -0.2) is 0 Å². The summed E-state index contributed by atoms with van der Waals surface area (Å²) in [6, 6.07) is 0. The van der Waals surface area contributed by atoms with Crippen LogP contribution in [0.15, 0.2) is 11.3 Å². The maximum Gasteiger partial charge on any atom is 0.136 e. The quantitative estimate of drug-likeness (QED) is 0.516. The fourth-order valence-electron chi connectivity index (χ4n) is 0.370. The Labute approximate surface area is 73.2 Å². The van der Waals surface area contributed by atoms with Gasteiger partial charge in [0.05, 0.1) is 5.76 Å². The van der Waals surface area contributed by atoms with Crippen LogP contribution >= 0.6 is 0 Å². The van der Waals surface area contributed by atoms with Gasteiger partial charge in [-0.15, -0.1) is 0 Å². The Hall–Kier alpha value is -0.0200. The maximum absolute atomic E-state index is 5.27. The number of ether oxygens (including phenoxy) is 1. The molecule has 0 heterocycles. The van der Waals surface area contributed by atoms with Crippen molar-refractivity contribution in [3.05, 3.63) is 11.3 Å². The molecular weight excluding hydrogens is 194 g/mol. The molecule has 62 valence electrons. The van der Waals surface area contributed by atoms with E-state index in [0.717, 1.165) is 18.9 Å². The highest BCUT2D eigenvalue weighted by Gasteiger charge is 1.90. The Morgan fingerprint density at radius 2 is 1.80 bits per heavy atom. The highest BCUT2D eigenvalue weighted by atomic mass is 79.9. The first kappa shape index (κ1) is 12.6. The van der Waals surface area contributed by atoms with E-state index in [1.807, 2.05) is 20.8 Å². The first-order chi connectivity index (χ1) is 4.18. The van der Waals surface area contributed by atoms with Crippen molar-refractivity contribution < 1.29 is 27.5 Å². The van der Waals surface area contributed by atoms with Crippen molar-refractivity contribution >= 4 is 0 Å². The van der Waals surface area contributed by atoms with Gasteiger partial charge in [0.15, 0.2) is 0 Å². The lowest BCUT2D eigenvalue weighted by molar-refractivity contribution is -0.372. The summed E-state index contributed by atoms with van der Waals surface area (Å²) in [4.78, 5) is 0. The van der Waals surface area contributed by atoms with E-state index in [-0.39, 0.29) is 17.0 Å². The average molecular weight is 210 g/mol. The standard InChI is InChI=1S/C7H15NO.BrH/c1-6(2)7(3)9-5-4-8;/h4-5,8H2,1-3H3;1H. The zero-order valence-electron chi connectivity index (χ0n) is 6.91. The third kappa shape index (κ3) is 6.11. The summed E-state index contributed by atoms with van der Waals surface area (Å²) in [5.74, 6) is 1.03. The van der Waals surface area contributed by atoms with Crippen LogP contribution in [0.2, 0.25) is 0 Å². The van der Waals surface area contributed by atoms with E-state index in [1.54, 1.807) is 0 Å². The van der Waals surface area contributed by atoms with E-state index >= 15 is 0 Å². The lowest BCUT2D eigenvalue weighted by atomic mass is 10.3. The first-order valence-electron chi connectivity index (χ1n) is 3.24. The van der Waals surface area contributed by atoms with E-state index in [2.05, 4.69) is 5.73 Å². The van der Waals surface area contributed by atoms with Gasteiger partial charge < -0.3 is 27.5 Å². The molecule has 10 heavy (non-hydrogen) atoms. The molecule has 0 aliphatic carbocycles. The molecule has 3 N–H and O–H groups in total. The minimum atomic E-state index is 0. The molecule has 0 radical (unpaired) electrons. The number of rotatable bonds is 3. The highest BCUT2D eigenvalue weighted by Crippen LogP contribution is 2.01. The molecule has 0 aromatic rings. The summed E-state index contributed by atoms with van der Waals surface area (Å²) in [6.45, 7) is 7.63. The summed E-state index contributed by atoms with van der Waals surface area (Å²) in [5, 5.41) is 0. The summed E-state index contributed by atoms with van der Waals surface area (Å²) >= 11 is 0. The van der Waals surface area contributed by atoms with E-state index < -0.39 is 0 Å². The minimum absolute atomic E-state index is 0. The Balaban J connectivity index is 0. The largest absolute Gasteiger partial charge is 1.00 e. The van der Waals surface area contributed by atoms with E-state index in [4.69, 9.17) is 4.74 Å². The van der Waals surface area contributed by atoms with Crippen LogP contribution in [0.1, 0.15) is 20.8 Å². The van der Waals surface area contributed by atoms with Crippen LogP contribution in [0.5, 0.6) is 0 Å². The minimum Gasteiger partial charge on any atom is -1.00 e. The monoisotopic (exact) mass is 209 g/mol. The van der Waals surface area contributed by atoms with Crippen molar-refractivity contribution in [2.75, 3.05) is 13.2 Å². The average Bonchev–Trinajstić information content (AvgIpc) is 1.82. The van der Waals surface area contributed by atoms with Crippen molar-refractivity contribution in [3.8, 4) is 0 Å². The second-order valence-corrected chi connectivity index (χ2v) is 2.26. The van der Waals surface area contributed by atoms with Crippen LogP contribution in [0.25, 0.3) is 0 Å². The summed E-state index contributed by atoms with van der Waals surface area (Å²) in [5.41, 5.74) is 4.91. The van der Waals surface area contributed by atoms with Gasteiger partial charge in [0.2, 0.25) is 0 Å². The van der Waals surface area contributed by atoms with Crippen LogP contribution in [0.3, 0.4) is 0 Å². The van der Waals surface area contributed by atoms with Gasteiger partial charge in [-0.3, -0.25) is 0 Å². The van der Waals surface area contributed by atoms with Crippen LogP contribution in [-0.4, -0.2) is 13.2 Å². The third-order valence-electron chi connectivity index (χ3n) is 1.17. The molecule has 0 aromatic carbocycles. The molecule has 2 nitrogen and oxygen atoms in total. The number of quaternary nitrogens is 1. The maximum atomic E-state index is 5.27. The topological polar surface area (TPSA) is 36.9 Å². The number of hydrogen-bond acceptors (Lipinski definition) is 1. The van der Waals surface area contributed by atoms with Crippen LogP contribution in [0.4, 0.5) is 0 Å². The van der Waals surface area contributed by atoms with Gasteiger partial charge in [0.1, 0.15) is 13.2 Å². The Morgan fingerprint density at radius 3 is 2.10 bits per heavy atom. The van der Waals surface area contributed by atoms with Gasteiger partial charge in [0, 0.05) is 0 Å². The molecule has 0 fully saturated rings. The molecule has 0 saturated carbocycles. The van der Waals surface area contributed by atoms with Crippen LogP contribution in [0, 0.1) is 0 Å². The lowest BCUT2D eigenvalue weighted by Gasteiger charge is -2.03. The molecule has 0 aromatic heterocycles. The van der Waals surface area contributed by atoms with Gasteiger partial charge in [-0.1, -0.05) is 0 Å². The van der Waals surface area contributed by atoms with Gasteiger partial charge in [0.25, 0.3) is 0 Å². The van der Waals surface area contributed by atoms with Crippen LogP contribution in [-0.2, 0) is 4.74 Å². The zero-order valence-corrected chi connectivity index (χ0v) is 8.49. The first-order valence-corrected chi connectivity index (χ1v) is 3.24. The Morgan fingerprint density at radius 1 is 1.30 bits per heavy atom. The van der Waals surface area contributed by atoms with E-state index in [0.29, 0.717) is 0 Å². The molecule has 0 spiro atoms. The van der Waals surface area contributed by atoms with Crippen molar-refractivity contribution in [3.63, 3.8) is 0 Å². The van der Waals surface area contributed by atoms with Crippen molar-refractivity contribution in [2.45, 2.75) is 20.8 Å². The van der Waals surface area contributed by atoms with Crippen molar-refractivity contribution in [1.82, 2.24) is 0 Å². The molecule has 0 aliphatic heterocycles. The normalized spacial score (nSPS) is 8.00.